The van der Waals surface area contributed by atoms with Gasteiger partial charge in [0, 0.05) is 28.8 Å². The first-order valence-electron chi connectivity index (χ1n) is 8.63. The average molecular weight is 416 g/mol. The van der Waals surface area contributed by atoms with Crippen LogP contribution in [0.1, 0.15) is 32.8 Å². The van der Waals surface area contributed by atoms with Gasteiger partial charge in [-0.1, -0.05) is 29.3 Å². The van der Waals surface area contributed by atoms with E-state index in [1.807, 2.05) is 13.8 Å². The molecular formula is C18H23Cl2N3O4. The Morgan fingerprint density at radius 1 is 1.33 bits per heavy atom. The molecule has 1 unspecified atom stereocenters. The first-order valence-corrected chi connectivity index (χ1v) is 9.38. The SMILES string of the molecule is CC(C)OCCCNC(=O)CN1C(=O)NC(C)(c2ccc(Cl)cc2Cl)C1=O. The van der Waals surface area contributed by atoms with Gasteiger partial charge < -0.3 is 15.4 Å². The molecule has 2 rings (SSSR count). The van der Waals surface area contributed by atoms with Gasteiger partial charge in [0.2, 0.25) is 5.91 Å². The summed E-state index contributed by atoms with van der Waals surface area (Å²) in [7, 11) is 0. The Morgan fingerprint density at radius 3 is 2.67 bits per heavy atom. The van der Waals surface area contributed by atoms with Crippen LogP contribution < -0.4 is 10.6 Å². The maximum Gasteiger partial charge on any atom is 0.325 e. The molecule has 1 aliphatic heterocycles. The van der Waals surface area contributed by atoms with Crippen LogP contribution in [0.4, 0.5) is 4.79 Å². The van der Waals surface area contributed by atoms with E-state index >= 15 is 0 Å². The maximum atomic E-state index is 12.8. The molecule has 1 heterocycles. The number of rotatable bonds is 8. The molecular weight excluding hydrogens is 393 g/mol. The van der Waals surface area contributed by atoms with Gasteiger partial charge in [0.1, 0.15) is 12.1 Å². The van der Waals surface area contributed by atoms with Gasteiger partial charge in [0.15, 0.2) is 0 Å². The van der Waals surface area contributed by atoms with Crippen LogP contribution in [0.5, 0.6) is 0 Å². The third-order valence-corrected chi connectivity index (χ3v) is 4.69. The van der Waals surface area contributed by atoms with Crippen LogP contribution in [0.2, 0.25) is 10.0 Å². The van der Waals surface area contributed by atoms with Crippen LogP contribution in [0.15, 0.2) is 18.2 Å². The average Bonchev–Trinajstić information content (AvgIpc) is 2.78. The molecule has 7 nitrogen and oxygen atoms in total. The lowest BCUT2D eigenvalue weighted by Crippen LogP contribution is -2.43. The van der Waals surface area contributed by atoms with E-state index in [4.69, 9.17) is 27.9 Å². The van der Waals surface area contributed by atoms with Crippen LogP contribution >= 0.6 is 23.2 Å². The first-order chi connectivity index (χ1) is 12.6. The van der Waals surface area contributed by atoms with Crippen molar-refractivity contribution < 1.29 is 19.1 Å². The van der Waals surface area contributed by atoms with Gasteiger partial charge in [-0.15, -0.1) is 0 Å². The van der Waals surface area contributed by atoms with Gasteiger partial charge in [-0.05, 0) is 39.3 Å². The number of imide groups is 1. The second-order valence-electron chi connectivity index (χ2n) is 6.69. The minimum Gasteiger partial charge on any atom is -0.379 e. The van der Waals surface area contributed by atoms with Crippen molar-refractivity contribution >= 4 is 41.0 Å². The number of amides is 4. The monoisotopic (exact) mass is 415 g/mol. The number of halogens is 2. The van der Waals surface area contributed by atoms with Crippen LogP contribution in [0.3, 0.4) is 0 Å². The van der Waals surface area contributed by atoms with Crippen LogP contribution in [0.25, 0.3) is 0 Å². The molecule has 0 spiro atoms. The highest BCUT2D eigenvalue weighted by molar-refractivity contribution is 6.35. The summed E-state index contributed by atoms with van der Waals surface area (Å²) in [6.45, 7) is 5.96. The maximum absolute atomic E-state index is 12.8. The Hall–Kier alpha value is -1.83. The van der Waals surface area contributed by atoms with Crippen molar-refractivity contribution in [2.24, 2.45) is 0 Å². The fraction of sp³-hybridized carbons (Fsp3) is 0.500. The molecule has 2 N–H and O–H groups in total. The minimum atomic E-state index is -1.36. The van der Waals surface area contributed by atoms with E-state index in [-0.39, 0.29) is 17.7 Å². The Kier molecular flexibility index (Phi) is 7.08. The highest BCUT2D eigenvalue weighted by Crippen LogP contribution is 2.34. The minimum absolute atomic E-state index is 0.129. The molecule has 1 aliphatic rings. The molecule has 0 radical (unpaired) electrons. The van der Waals surface area contributed by atoms with Crippen LogP contribution in [-0.4, -0.2) is 48.5 Å². The zero-order valence-corrected chi connectivity index (χ0v) is 17.0. The van der Waals surface area contributed by atoms with Crippen LogP contribution in [-0.2, 0) is 19.9 Å². The van der Waals surface area contributed by atoms with Gasteiger partial charge in [-0.25, -0.2) is 4.79 Å². The molecule has 1 aromatic rings. The van der Waals surface area contributed by atoms with Gasteiger partial charge in [0.25, 0.3) is 5.91 Å². The third-order valence-electron chi connectivity index (χ3n) is 4.14. The largest absolute Gasteiger partial charge is 0.379 e. The predicted octanol–water partition coefficient (Wildman–Crippen LogP) is 2.69. The number of benzene rings is 1. The van der Waals surface area contributed by atoms with Gasteiger partial charge in [0.05, 0.1) is 6.10 Å². The zero-order valence-electron chi connectivity index (χ0n) is 15.5. The van der Waals surface area contributed by atoms with E-state index in [1.165, 1.54) is 6.07 Å². The quantitative estimate of drug-likeness (QED) is 0.504. The molecule has 27 heavy (non-hydrogen) atoms. The molecule has 0 bridgehead atoms. The molecule has 1 atom stereocenters. The fourth-order valence-corrected chi connectivity index (χ4v) is 3.33. The summed E-state index contributed by atoms with van der Waals surface area (Å²) in [5.41, 5.74) is -0.940. The Morgan fingerprint density at radius 2 is 2.04 bits per heavy atom. The molecule has 9 heteroatoms. The molecule has 4 amide bonds. The van der Waals surface area contributed by atoms with Crippen molar-refractivity contribution in [1.82, 2.24) is 15.5 Å². The van der Waals surface area contributed by atoms with Crippen molar-refractivity contribution in [3.8, 4) is 0 Å². The van der Waals surface area contributed by atoms with Crippen LogP contribution in [0, 0.1) is 0 Å². The lowest BCUT2D eigenvalue weighted by atomic mass is 9.92. The fourth-order valence-electron chi connectivity index (χ4n) is 2.74. The highest BCUT2D eigenvalue weighted by atomic mass is 35.5. The summed E-state index contributed by atoms with van der Waals surface area (Å²) in [6.07, 6.45) is 0.770. The van der Waals surface area contributed by atoms with Crippen molar-refractivity contribution in [2.75, 3.05) is 19.7 Å². The Labute approximate surface area is 168 Å². The summed E-state index contributed by atoms with van der Waals surface area (Å²) < 4.78 is 5.39. The summed E-state index contributed by atoms with van der Waals surface area (Å²) in [4.78, 5) is 38.0. The summed E-state index contributed by atoms with van der Waals surface area (Å²) in [6, 6.07) is 4.02. The zero-order chi connectivity index (χ0) is 20.2. The number of carbonyl (C=O) groups is 3. The second kappa shape index (κ2) is 8.91. The van der Waals surface area contributed by atoms with E-state index in [0.717, 1.165) is 4.90 Å². The summed E-state index contributed by atoms with van der Waals surface area (Å²) >= 11 is 12.1. The molecule has 1 saturated heterocycles. The van der Waals surface area contributed by atoms with Crippen molar-refractivity contribution in [2.45, 2.75) is 38.8 Å². The van der Waals surface area contributed by atoms with E-state index < -0.39 is 23.4 Å². The topological polar surface area (TPSA) is 87.7 Å². The Bertz CT molecular complexity index is 741. The number of nitrogens with one attached hydrogen (secondary N) is 2. The number of hydrogen-bond donors (Lipinski definition) is 2. The highest BCUT2D eigenvalue weighted by Gasteiger charge is 2.50. The number of ether oxygens (including phenoxy) is 1. The van der Waals surface area contributed by atoms with E-state index in [0.29, 0.717) is 30.2 Å². The molecule has 1 aromatic carbocycles. The standard InChI is InChI=1S/C18H23Cl2N3O4/c1-11(2)27-8-4-7-21-15(24)10-23-16(25)18(3,22-17(23)26)13-6-5-12(19)9-14(13)20/h5-6,9,11H,4,7-8,10H2,1-3H3,(H,21,24)(H,22,26). The van der Waals surface area contributed by atoms with E-state index in [9.17, 15) is 14.4 Å². The van der Waals surface area contributed by atoms with Crippen molar-refractivity contribution in [1.29, 1.82) is 0 Å². The lowest BCUT2D eigenvalue weighted by Gasteiger charge is -2.23. The van der Waals surface area contributed by atoms with Gasteiger partial charge in [-0.2, -0.15) is 0 Å². The van der Waals surface area contributed by atoms with Crippen molar-refractivity contribution in [3.05, 3.63) is 33.8 Å². The van der Waals surface area contributed by atoms with E-state index in [1.54, 1.807) is 19.1 Å². The molecule has 1 fully saturated rings. The molecule has 0 saturated carbocycles. The van der Waals surface area contributed by atoms with E-state index in [2.05, 4.69) is 10.6 Å². The summed E-state index contributed by atoms with van der Waals surface area (Å²) in [5, 5.41) is 5.96. The number of hydrogen-bond acceptors (Lipinski definition) is 4. The summed E-state index contributed by atoms with van der Waals surface area (Å²) in [5.74, 6) is -0.968. The second-order valence-corrected chi connectivity index (χ2v) is 7.54. The van der Waals surface area contributed by atoms with Gasteiger partial charge in [-0.3, -0.25) is 14.5 Å². The number of carbonyl (C=O) groups excluding carboxylic acids is 3. The Balaban J connectivity index is 1.98. The number of nitrogens with zero attached hydrogens (tertiary/aromatic N) is 1. The molecule has 0 aromatic heterocycles. The normalized spacial score (nSPS) is 19.6. The number of urea groups is 1. The van der Waals surface area contributed by atoms with Crippen molar-refractivity contribution in [3.63, 3.8) is 0 Å². The van der Waals surface area contributed by atoms with Gasteiger partial charge >= 0.3 is 6.03 Å². The molecule has 0 aliphatic carbocycles. The lowest BCUT2D eigenvalue weighted by molar-refractivity contribution is -0.134. The first kappa shape index (κ1) is 21.5. The molecule has 148 valence electrons. The smallest absolute Gasteiger partial charge is 0.325 e. The third kappa shape index (κ3) is 5.12. The predicted molar refractivity (Wildman–Crippen MR) is 103 cm³/mol.